The van der Waals surface area contributed by atoms with Gasteiger partial charge in [-0.1, -0.05) is 43.7 Å². The Balaban J connectivity index is 1.57. The molecule has 0 atom stereocenters. The highest BCUT2D eigenvalue weighted by atomic mass is 19.3. The molecule has 0 aliphatic heterocycles. The summed E-state index contributed by atoms with van der Waals surface area (Å²) >= 11 is 0. The van der Waals surface area contributed by atoms with Crippen LogP contribution in [0.5, 0.6) is 0 Å². The number of alkyl halides is 2. The zero-order chi connectivity index (χ0) is 26.7. The van der Waals surface area contributed by atoms with Crippen LogP contribution in [0, 0.1) is 11.3 Å². The number of rotatable bonds is 9. The molecule has 202 valence electrons. The summed E-state index contributed by atoms with van der Waals surface area (Å²) in [6.07, 6.45) is 11.0. The number of aromatic nitrogens is 2. The highest BCUT2D eigenvalue weighted by Crippen LogP contribution is 2.50. The average molecular weight is 514 g/mol. The number of anilines is 1. The number of halogens is 2. The minimum atomic E-state index is -3.13. The topological polar surface area (TPSA) is 61.4 Å². The van der Waals surface area contributed by atoms with Gasteiger partial charge in [0.15, 0.2) is 5.82 Å². The molecule has 37 heavy (non-hydrogen) atoms. The molecule has 1 aromatic heterocycles. The van der Waals surface area contributed by atoms with Crippen LogP contribution >= 0.6 is 0 Å². The van der Waals surface area contributed by atoms with E-state index in [1.54, 1.807) is 4.90 Å². The molecule has 0 unspecified atom stereocenters. The quantitative estimate of drug-likeness (QED) is 0.426. The molecule has 2 amide bonds. The maximum Gasteiger partial charge on any atom is 0.322 e. The Bertz CT molecular complexity index is 1030. The van der Waals surface area contributed by atoms with Gasteiger partial charge in [0, 0.05) is 25.6 Å². The van der Waals surface area contributed by atoms with Crippen LogP contribution in [-0.2, 0) is 11.5 Å². The summed E-state index contributed by atoms with van der Waals surface area (Å²) in [6, 6.07) is 10.5. The molecule has 2 aromatic rings. The van der Waals surface area contributed by atoms with Crippen molar-refractivity contribution in [1.29, 1.82) is 0 Å². The fourth-order valence-corrected chi connectivity index (χ4v) is 5.89. The van der Waals surface area contributed by atoms with Crippen LogP contribution in [0.3, 0.4) is 0 Å². The fourth-order valence-electron chi connectivity index (χ4n) is 5.89. The van der Waals surface area contributed by atoms with Crippen LogP contribution < -0.4 is 10.2 Å². The van der Waals surface area contributed by atoms with E-state index >= 15 is 0 Å². The van der Waals surface area contributed by atoms with E-state index < -0.39 is 11.7 Å². The van der Waals surface area contributed by atoms with Crippen molar-refractivity contribution in [2.45, 2.75) is 76.7 Å². The largest absolute Gasteiger partial charge is 0.337 e. The highest BCUT2D eigenvalue weighted by Gasteiger charge is 2.45. The molecular formula is C29H41F2N5O. The van der Waals surface area contributed by atoms with Gasteiger partial charge in [0.1, 0.15) is 0 Å². The first-order chi connectivity index (χ1) is 17.6. The summed E-state index contributed by atoms with van der Waals surface area (Å²) in [5, 5.41) is 3.09. The zero-order valence-corrected chi connectivity index (χ0v) is 22.6. The standard InChI is InChI=1S/C29H41F2N5O/c1-5-28(14-16-29(17-15-28,35(3)4)23-12-7-6-8-13-23)21-36(26(37)34-18-22-10-9-11-22)24-19-32-25(33-20-24)27(2,30)31/h6-8,12-13,19-20,22H,5,9-11,14-18,21H2,1-4H3,(H,34,37)/t28-,29-. The van der Waals surface area contributed by atoms with Gasteiger partial charge in [0.05, 0.1) is 18.1 Å². The normalized spacial score (nSPS) is 24.5. The van der Waals surface area contributed by atoms with Crippen LogP contribution in [0.4, 0.5) is 19.3 Å². The first-order valence-electron chi connectivity index (χ1n) is 13.6. The van der Waals surface area contributed by atoms with Crippen molar-refractivity contribution in [2.24, 2.45) is 11.3 Å². The number of amides is 2. The van der Waals surface area contributed by atoms with Gasteiger partial charge in [-0.2, -0.15) is 8.78 Å². The van der Waals surface area contributed by atoms with E-state index in [4.69, 9.17) is 0 Å². The van der Waals surface area contributed by atoms with Gasteiger partial charge in [0.2, 0.25) is 0 Å². The van der Waals surface area contributed by atoms with Crippen LogP contribution in [0.25, 0.3) is 0 Å². The third kappa shape index (κ3) is 5.95. The Morgan fingerprint density at radius 3 is 2.19 bits per heavy atom. The third-order valence-corrected chi connectivity index (χ3v) is 8.90. The Hall–Kier alpha value is -2.61. The summed E-state index contributed by atoms with van der Waals surface area (Å²) < 4.78 is 27.5. The molecule has 2 aliphatic carbocycles. The Morgan fingerprint density at radius 2 is 1.70 bits per heavy atom. The third-order valence-electron chi connectivity index (χ3n) is 8.90. The van der Waals surface area contributed by atoms with Gasteiger partial charge in [0.25, 0.3) is 0 Å². The lowest BCUT2D eigenvalue weighted by molar-refractivity contribution is 0.00768. The van der Waals surface area contributed by atoms with Crippen molar-refractivity contribution in [3.63, 3.8) is 0 Å². The van der Waals surface area contributed by atoms with Crippen LogP contribution in [0.1, 0.15) is 76.6 Å². The van der Waals surface area contributed by atoms with E-state index in [0.717, 1.165) is 51.9 Å². The highest BCUT2D eigenvalue weighted by molar-refractivity contribution is 5.91. The average Bonchev–Trinajstić information content (AvgIpc) is 2.86. The predicted molar refractivity (Wildman–Crippen MR) is 143 cm³/mol. The second-order valence-electron chi connectivity index (χ2n) is 11.4. The molecule has 6 nitrogen and oxygen atoms in total. The lowest BCUT2D eigenvalue weighted by Gasteiger charge is -2.51. The van der Waals surface area contributed by atoms with E-state index in [-0.39, 0.29) is 17.0 Å². The van der Waals surface area contributed by atoms with Crippen molar-refractivity contribution < 1.29 is 13.6 Å². The number of hydrogen-bond acceptors (Lipinski definition) is 4. The molecule has 0 bridgehead atoms. The Kier molecular flexibility index (Phi) is 8.17. The number of carbonyl (C=O) groups is 1. The number of benzene rings is 1. The van der Waals surface area contributed by atoms with Gasteiger partial charge in [-0.25, -0.2) is 14.8 Å². The Morgan fingerprint density at radius 1 is 1.08 bits per heavy atom. The molecule has 2 saturated carbocycles. The molecule has 2 aliphatic rings. The van der Waals surface area contributed by atoms with Crippen molar-refractivity contribution in [2.75, 3.05) is 32.1 Å². The van der Waals surface area contributed by atoms with Crippen LogP contribution in [0.2, 0.25) is 0 Å². The fraction of sp³-hybridized carbons (Fsp3) is 0.621. The molecule has 4 rings (SSSR count). The first kappa shape index (κ1) is 27.4. The Labute approximate surface area is 219 Å². The molecule has 1 aromatic carbocycles. The number of nitrogens with zero attached hydrogens (tertiary/aromatic N) is 4. The lowest BCUT2D eigenvalue weighted by atomic mass is 9.63. The molecule has 8 heteroatoms. The van der Waals surface area contributed by atoms with Crippen molar-refractivity contribution in [1.82, 2.24) is 20.2 Å². The molecular weight excluding hydrogens is 472 g/mol. The molecule has 0 radical (unpaired) electrons. The van der Waals surface area contributed by atoms with E-state index in [1.807, 2.05) is 6.07 Å². The summed E-state index contributed by atoms with van der Waals surface area (Å²) in [7, 11) is 4.29. The molecule has 0 saturated heterocycles. The first-order valence-corrected chi connectivity index (χ1v) is 13.6. The number of nitrogens with one attached hydrogen (secondary N) is 1. The summed E-state index contributed by atoms with van der Waals surface area (Å²) in [5.41, 5.74) is 1.65. The number of urea groups is 1. The van der Waals surface area contributed by atoms with Gasteiger partial charge in [-0.05, 0) is 75.9 Å². The molecule has 0 spiro atoms. The smallest absolute Gasteiger partial charge is 0.322 e. The van der Waals surface area contributed by atoms with Crippen molar-refractivity contribution >= 4 is 11.7 Å². The minimum absolute atomic E-state index is 0.0469. The van der Waals surface area contributed by atoms with E-state index in [2.05, 4.69) is 65.5 Å². The summed E-state index contributed by atoms with van der Waals surface area (Å²) in [5.74, 6) is -3.14. The molecule has 1 heterocycles. The van der Waals surface area contributed by atoms with Gasteiger partial charge in [-0.15, -0.1) is 0 Å². The summed E-state index contributed by atoms with van der Waals surface area (Å²) in [4.78, 5) is 25.3. The number of hydrogen-bond donors (Lipinski definition) is 1. The van der Waals surface area contributed by atoms with Crippen LogP contribution in [0.15, 0.2) is 42.7 Å². The van der Waals surface area contributed by atoms with E-state index in [0.29, 0.717) is 24.7 Å². The monoisotopic (exact) mass is 513 g/mol. The minimum Gasteiger partial charge on any atom is -0.337 e. The van der Waals surface area contributed by atoms with Crippen LogP contribution in [-0.4, -0.2) is 48.1 Å². The van der Waals surface area contributed by atoms with Crippen molar-refractivity contribution in [3.05, 3.63) is 54.1 Å². The van der Waals surface area contributed by atoms with Crippen molar-refractivity contribution in [3.8, 4) is 0 Å². The second kappa shape index (κ2) is 11.0. The van der Waals surface area contributed by atoms with E-state index in [9.17, 15) is 13.6 Å². The summed E-state index contributed by atoms with van der Waals surface area (Å²) in [6.45, 7) is 4.11. The second-order valence-corrected chi connectivity index (χ2v) is 11.4. The van der Waals surface area contributed by atoms with Gasteiger partial charge < -0.3 is 5.32 Å². The van der Waals surface area contributed by atoms with E-state index in [1.165, 1.54) is 24.4 Å². The number of carbonyl (C=O) groups excluding carboxylic acids is 1. The lowest BCUT2D eigenvalue weighted by Crippen LogP contribution is -2.52. The maximum atomic E-state index is 13.7. The zero-order valence-electron chi connectivity index (χ0n) is 22.6. The molecule has 1 N–H and O–H groups in total. The van der Waals surface area contributed by atoms with Gasteiger partial charge in [-0.3, -0.25) is 9.80 Å². The SMILES string of the molecule is CC[C@]1(CN(C(=O)NCC2CCC2)c2cnc(C(C)(F)F)nc2)CC[C@](c2ccccc2)(N(C)C)CC1. The maximum absolute atomic E-state index is 13.7. The van der Waals surface area contributed by atoms with Gasteiger partial charge >= 0.3 is 12.0 Å². The molecule has 2 fully saturated rings. The predicted octanol–water partition coefficient (Wildman–Crippen LogP) is 6.33.